The zero-order chi connectivity index (χ0) is 15.1. The molecule has 0 saturated carbocycles. The third-order valence-electron chi connectivity index (χ3n) is 1.74. The monoisotopic (exact) mass is 278 g/mol. The lowest BCUT2D eigenvalue weighted by atomic mass is 10.1. The van der Waals surface area contributed by atoms with Crippen molar-refractivity contribution in [3.05, 3.63) is 29.8 Å². The number of rotatable bonds is 3. The van der Waals surface area contributed by atoms with E-state index in [1.54, 1.807) is 31.4 Å². The summed E-state index contributed by atoms with van der Waals surface area (Å²) in [5, 5.41) is 19.0. The Labute approximate surface area is 106 Å². The smallest absolute Gasteiger partial charge is 0.430 e. The number of carboxylic acid groups (broad SMARTS) is 2. The second kappa shape index (κ2) is 7.24. The van der Waals surface area contributed by atoms with Crippen LogP contribution < -0.4 is 14.9 Å². The topological polar surface area (TPSA) is 89.5 Å². The standard InChI is InChI=1S/C9H10O3.C2HF3O2/c1-12-8-4-2-7(3-5-8)6-9(10)11;3-2(4,5)1(6)7/h2-5H,6H2,1H3,(H,10,11);(H,6,7)/p-2. The largest absolute Gasteiger partial charge is 0.550 e. The molecule has 0 fully saturated rings. The molecule has 0 radical (unpaired) electrons. The molecule has 0 unspecified atom stereocenters. The second-order valence-electron chi connectivity index (χ2n) is 3.18. The first-order valence-corrected chi connectivity index (χ1v) is 4.77. The van der Waals surface area contributed by atoms with E-state index in [-0.39, 0.29) is 6.42 Å². The first-order chi connectivity index (χ1) is 8.66. The maximum absolute atomic E-state index is 10.5. The highest BCUT2D eigenvalue weighted by Crippen LogP contribution is 2.11. The van der Waals surface area contributed by atoms with Crippen molar-refractivity contribution >= 4 is 11.9 Å². The number of carbonyl (C=O) groups excluding carboxylic acids is 2. The number of benzene rings is 1. The summed E-state index contributed by atoms with van der Waals surface area (Å²) in [5.41, 5.74) is 0.718. The molecule has 1 aromatic carbocycles. The van der Waals surface area contributed by atoms with Crippen molar-refractivity contribution in [3.8, 4) is 5.75 Å². The van der Waals surface area contributed by atoms with E-state index < -0.39 is 18.1 Å². The number of alkyl halides is 3. The summed E-state index contributed by atoms with van der Waals surface area (Å²) < 4.78 is 36.5. The molecule has 0 aliphatic heterocycles. The number of aliphatic carboxylic acids is 2. The van der Waals surface area contributed by atoms with Gasteiger partial charge >= 0.3 is 6.18 Å². The lowest BCUT2D eigenvalue weighted by Crippen LogP contribution is -2.37. The van der Waals surface area contributed by atoms with Crippen LogP contribution in [0.25, 0.3) is 0 Å². The van der Waals surface area contributed by atoms with Gasteiger partial charge in [0.05, 0.1) is 7.11 Å². The van der Waals surface area contributed by atoms with Crippen LogP contribution in [0.15, 0.2) is 24.3 Å². The van der Waals surface area contributed by atoms with Gasteiger partial charge in [-0.1, -0.05) is 12.1 Å². The summed E-state index contributed by atoms with van der Waals surface area (Å²) >= 11 is 0. The normalized spacial score (nSPS) is 10.1. The first-order valence-electron chi connectivity index (χ1n) is 4.77. The molecule has 0 spiro atoms. The van der Waals surface area contributed by atoms with Crippen molar-refractivity contribution in [2.75, 3.05) is 7.11 Å². The van der Waals surface area contributed by atoms with E-state index in [0.717, 1.165) is 11.3 Å². The molecule has 0 saturated heterocycles. The van der Waals surface area contributed by atoms with E-state index in [0.29, 0.717) is 0 Å². The molecule has 0 bridgehead atoms. The quantitative estimate of drug-likeness (QED) is 0.728. The van der Waals surface area contributed by atoms with Gasteiger partial charge in [-0.05, 0) is 17.7 Å². The Hall–Kier alpha value is -2.25. The molecule has 0 N–H and O–H groups in total. The molecule has 0 aromatic heterocycles. The maximum atomic E-state index is 10.5. The fraction of sp³-hybridized carbons (Fsp3) is 0.273. The molecule has 1 aromatic rings. The Balaban J connectivity index is 0.000000399. The second-order valence-corrected chi connectivity index (χ2v) is 3.18. The molecule has 5 nitrogen and oxygen atoms in total. The number of carboxylic acids is 2. The van der Waals surface area contributed by atoms with Crippen molar-refractivity contribution < 1.29 is 37.7 Å². The Morgan fingerprint density at radius 1 is 1.16 bits per heavy atom. The minimum Gasteiger partial charge on any atom is -0.550 e. The summed E-state index contributed by atoms with van der Waals surface area (Å²) in [4.78, 5) is 19.0. The third kappa shape index (κ3) is 7.63. The Bertz CT molecular complexity index is 425. The number of halogens is 3. The Morgan fingerprint density at radius 2 is 1.58 bits per heavy atom. The summed E-state index contributed by atoms with van der Waals surface area (Å²) in [6, 6.07) is 6.85. The summed E-state index contributed by atoms with van der Waals surface area (Å²) in [6.45, 7) is 0. The summed E-state index contributed by atoms with van der Waals surface area (Å²) in [6.07, 6.45) is -5.25. The predicted octanol–water partition coefficient (Wildman–Crippen LogP) is -0.714. The van der Waals surface area contributed by atoms with E-state index in [1.807, 2.05) is 0 Å². The molecule has 0 amide bonds. The van der Waals surface area contributed by atoms with Crippen LogP contribution in [0.3, 0.4) is 0 Å². The van der Waals surface area contributed by atoms with Crippen LogP contribution in [0.5, 0.6) is 5.75 Å². The van der Waals surface area contributed by atoms with Gasteiger partial charge in [0.15, 0.2) is 0 Å². The zero-order valence-electron chi connectivity index (χ0n) is 9.69. The minimum atomic E-state index is -5.19. The van der Waals surface area contributed by atoms with Crippen molar-refractivity contribution in [3.63, 3.8) is 0 Å². The third-order valence-corrected chi connectivity index (χ3v) is 1.74. The maximum Gasteiger partial charge on any atom is 0.430 e. The van der Waals surface area contributed by atoms with Gasteiger partial charge in [-0.2, -0.15) is 13.2 Å². The lowest BCUT2D eigenvalue weighted by Gasteiger charge is -2.03. The van der Waals surface area contributed by atoms with Crippen LogP contribution in [-0.2, 0) is 16.0 Å². The zero-order valence-corrected chi connectivity index (χ0v) is 9.69. The van der Waals surface area contributed by atoms with Gasteiger partial charge in [-0.15, -0.1) is 0 Å². The van der Waals surface area contributed by atoms with Gasteiger partial charge in [-0.3, -0.25) is 0 Å². The molecular weight excluding hydrogens is 269 g/mol. The molecule has 0 heterocycles. The van der Waals surface area contributed by atoms with Crippen molar-refractivity contribution in [1.29, 1.82) is 0 Å². The van der Waals surface area contributed by atoms with Gasteiger partial charge in [0.1, 0.15) is 11.7 Å². The van der Waals surface area contributed by atoms with E-state index in [9.17, 15) is 23.1 Å². The highest BCUT2D eigenvalue weighted by atomic mass is 19.4. The van der Waals surface area contributed by atoms with Crippen molar-refractivity contribution in [1.82, 2.24) is 0 Å². The predicted molar refractivity (Wildman–Crippen MR) is 52.8 cm³/mol. The van der Waals surface area contributed by atoms with Crippen LogP contribution in [0.4, 0.5) is 13.2 Å². The molecule has 0 atom stereocenters. The molecular formula is C11H9F3O5-2. The van der Waals surface area contributed by atoms with E-state index >= 15 is 0 Å². The van der Waals surface area contributed by atoms with Crippen LogP contribution in [0.2, 0.25) is 0 Å². The number of ether oxygens (including phenoxy) is 1. The Morgan fingerprint density at radius 3 is 1.84 bits per heavy atom. The van der Waals surface area contributed by atoms with E-state index in [1.165, 1.54) is 0 Å². The minimum absolute atomic E-state index is 0.0516. The average molecular weight is 278 g/mol. The summed E-state index contributed by atoms with van der Waals surface area (Å²) in [5.74, 6) is -3.36. The fourth-order valence-corrected chi connectivity index (χ4v) is 0.910. The van der Waals surface area contributed by atoms with Crippen molar-refractivity contribution in [2.45, 2.75) is 12.6 Å². The van der Waals surface area contributed by atoms with Crippen LogP contribution in [-0.4, -0.2) is 25.2 Å². The molecule has 8 heteroatoms. The first kappa shape index (κ1) is 16.8. The van der Waals surface area contributed by atoms with Gasteiger partial charge in [0.25, 0.3) is 0 Å². The SMILES string of the molecule is COc1ccc(CC(=O)[O-])cc1.O=C([O-])C(F)(F)F. The molecule has 0 aliphatic carbocycles. The van der Waals surface area contributed by atoms with Crippen LogP contribution >= 0.6 is 0 Å². The van der Waals surface area contributed by atoms with Gasteiger partial charge in [-0.25, -0.2) is 0 Å². The number of hydrogen-bond donors (Lipinski definition) is 0. The van der Waals surface area contributed by atoms with Crippen LogP contribution in [0, 0.1) is 0 Å². The average Bonchev–Trinajstić information content (AvgIpc) is 2.28. The summed E-state index contributed by atoms with van der Waals surface area (Å²) in [7, 11) is 1.56. The molecule has 106 valence electrons. The van der Waals surface area contributed by atoms with E-state index in [4.69, 9.17) is 14.6 Å². The molecule has 1 rings (SSSR count). The van der Waals surface area contributed by atoms with Gasteiger partial charge in [0.2, 0.25) is 0 Å². The van der Waals surface area contributed by atoms with Crippen molar-refractivity contribution in [2.24, 2.45) is 0 Å². The number of carbonyl (C=O) groups is 2. The van der Waals surface area contributed by atoms with Crippen LogP contribution in [0.1, 0.15) is 5.56 Å². The lowest BCUT2D eigenvalue weighted by molar-refractivity contribution is -0.344. The Kier molecular flexibility index (Phi) is 6.39. The number of methoxy groups -OCH3 is 1. The molecule has 0 aliphatic rings. The van der Waals surface area contributed by atoms with E-state index in [2.05, 4.69) is 0 Å². The number of hydrogen-bond acceptors (Lipinski definition) is 5. The highest BCUT2D eigenvalue weighted by molar-refractivity contribution is 5.70. The highest BCUT2D eigenvalue weighted by Gasteiger charge is 2.28. The molecule has 19 heavy (non-hydrogen) atoms. The van der Waals surface area contributed by atoms with Gasteiger partial charge < -0.3 is 24.5 Å². The van der Waals surface area contributed by atoms with Gasteiger partial charge in [0, 0.05) is 12.4 Å². The fourth-order valence-electron chi connectivity index (χ4n) is 0.910.